The molecule has 1 aromatic heterocycles. The van der Waals surface area contributed by atoms with Gasteiger partial charge in [-0.15, -0.1) is 0 Å². The van der Waals surface area contributed by atoms with Crippen LogP contribution >= 0.6 is 0 Å². The molecule has 0 spiro atoms. The van der Waals surface area contributed by atoms with E-state index < -0.39 is 0 Å². The van der Waals surface area contributed by atoms with Crippen LogP contribution in [0.4, 0.5) is 0 Å². The maximum Gasteiger partial charge on any atom is 0.189 e. The van der Waals surface area contributed by atoms with Gasteiger partial charge >= 0.3 is 0 Å². The summed E-state index contributed by atoms with van der Waals surface area (Å²) in [7, 11) is 0. The van der Waals surface area contributed by atoms with Crippen molar-refractivity contribution in [2.24, 2.45) is 0 Å². The molecular formula is C17H22N2O2. The molecule has 0 radical (unpaired) electrons. The second-order valence-corrected chi connectivity index (χ2v) is 4.86. The Balaban J connectivity index is 1.94. The van der Waals surface area contributed by atoms with E-state index in [4.69, 9.17) is 9.47 Å². The Hall–Kier alpha value is -1.94. The van der Waals surface area contributed by atoms with E-state index in [1.165, 1.54) is 5.56 Å². The molecule has 112 valence electrons. The second kappa shape index (κ2) is 8.37. The Bertz CT molecular complexity index is 523. The minimum Gasteiger partial charge on any atom is -0.468 e. The number of benzene rings is 1. The Morgan fingerprint density at radius 2 is 1.67 bits per heavy atom. The largest absolute Gasteiger partial charge is 0.468 e. The van der Waals surface area contributed by atoms with Gasteiger partial charge in [0, 0.05) is 18.0 Å². The fourth-order valence-electron chi connectivity index (χ4n) is 1.93. The number of nitrogens with zero attached hydrogens (tertiary/aromatic N) is 2. The first-order chi connectivity index (χ1) is 10.3. The predicted octanol–water partition coefficient (Wildman–Crippen LogP) is 3.86. The molecule has 1 heterocycles. The van der Waals surface area contributed by atoms with Crippen molar-refractivity contribution in [3.05, 3.63) is 42.2 Å². The van der Waals surface area contributed by atoms with Gasteiger partial charge in [0.2, 0.25) is 0 Å². The van der Waals surface area contributed by atoms with Crippen LogP contribution in [0.15, 0.2) is 36.7 Å². The van der Waals surface area contributed by atoms with E-state index in [1.807, 2.05) is 36.7 Å². The van der Waals surface area contributed by atoms with Crippen LogP contribution in [0.5, 0.6) is 5.75 Å². The van der Waals surface area contributed by atoms with Crippen molar-refractivity contribution in [3.63, 3.8) is 0 Å². The van der Waals surface area contributed by atoms with Gasteiger partial charge in [0.1, 0.15) is 5.75 Å². The third-order valence-corrected chi connectivity index (χ3v) is 3.01. The highest BCUT2D eigenvalue weighted by atomic mass is 16.7. The van der Waals surface area contributed by atoms with E-state index in [1.54, 1.807) is 0 Å². The minimum absolute atomic E-state index is 0.287. The van der Waals surface area contributed by atoms with Gasteiger partial charge in [-0.1, -0.05) is 20.3 Å². The molecular weight excluding hydrogens is 264 g/mol. The molecule has 1 aromatic carbocycles. The van der Waals surface area contributed by atoms with Crippen molar-refractivity contribution in [2.75, 3.05) is 13.4 Å². The molecule has 0 aliphatic carbocycles. The second-order valence-electron chi connectivity index (χ2n) is 4.86. The molecule has 2 aromatic rings. The summed E-state index contributed by atoms with van der Waals surface area (Å²) < 4.78 is 10.8. The van der Waals surface area contributed by atoms with E-state index >= 15 is 0 Å². The molecule has 0 aliphatic rings. The molecule has 4 heteroatoms. The predicted molar refractivity (Wildman–Crippen MR) is 83.2 cm³/mol. The molecule has 0 unspecified atom stereocenters. The van der Waals surface area contributed by atoms with E-state index in [9.17, 15) is 0 Å². The van der Waals surface area contributed by atoms with E-state index in [2.05, 4.69) is 23.8 Å². The van der Waals surface area contributed by atoms with Crippen molar-refractivity contribution in [3.8, 4) is 17.1 Å². The molecule has 0 N–H and O–H groups in total. The molecule has 0 bridgehead atoms. The smallest absolute Gasteiger partial charge is 0.189 e. The number of aryl methyl sites for hydroxylation is 1. The number of hydrogen-bond donors (Lipinski definition) is 0. The summed E-state index contributed by atoms with van der Waals surface area (Å²) in [6.07, 6.45) is 6.91. The standard InChI is InChI=1S/C17H22N2O2/c1-3-5-14-11-18-17(19-12-14)15-6-8-16(9-7-15)21-13-20-10-4-2/h6-9,11-12H,3-5,10,13H2,1-2H3. The summed E-state index contributed by atoms with van der Waals surface area (Å²) in [5.41, 5.74) is 2.16. The van der Waals surface area contributed by atoms with Crippen LogP contribution < -0.4 is 4.74 Å². The molecule has 0 saturated heterocycles. The van der Waals surface area contributed by atoms with Gasteiger partial charge < -0.3 is 9.47 Å². The van der Waals surface area contributed by atoms with E-state index in [-0.39, 0.29) is 6.79 Å². The third kappa shape index (κ3) is 4.83. The number of aromatic nitrogens is 2. The third-order valence-electron chi connectivity index (χ3n) is 3.01. The lowest BCUT2D eigenvalue weighted by molar-refractivity contribution is 0.0157. The number of ether oxygens (including phenoxy) is 2. The van der Waals surface area contributed by atoms with Gasteiger partial charge in [-0.25, -0.2) is 9.97 Å². The van der Waals surface area contributed by atoms with Crippen LogP contribution in [0.3, 0.4) is 0 Å². The maximum absolute atomic E-state index is 5.49. The van der Waals surface area contributed by atoms with Crippen LogP contribution in [-0.4, -0.2) is 23.4 Å². The van der Waals surface area contributed by atoms with Crippen LogP contribution in [-0.2, 0) is 11.2 Å². The minimum atomic E-state index is 0.287. The fourth-order valence-corrected chi connectivity index (χ4v) is 1.93. The van der Waals surface area contributed by atoms with E-state index in [0.717, 1.165) is 43.0 Å². The summed E-state index contributed by atoms with van der Waals surface area (Å²) >= 11 is 0. The molecule has 0 atom stereocenters. The van der Waals surface area contributed by atoms with E-state index in [0.29, 0.717) is 0 Å². The van der Waals surface area contributed by atoms with Crippen molar-refractivity contribution in [1.29, 1.82) is 0 Å². The zero-order valence-electron chi connectivity index (χ0n) is 12.7. The lowest BCUT2D eigenvalue weighted by Gasteiger charge is -2.07. The molecule has 4 nitrogen and oxygen atoms in total. The lowest BCUT2D eigenvalue weighted by atomic mass is 10.2. The van der Waals surface area contributed by atoms with Crippen molar-refractivity contribution < 1.29 is 9.47 Å². The average Bonchev–Trinajstić information content (AvgIpc) is 2.53. The first-order valence-corrected chi connectivity index (χ1v) is 7.45. The molecule has 2 rings (SSSR count). The normalized spacial score (nSPS) is 10.6. The fraction of sp³-hybridized carbons (Fsp3) is 0.412. The van der Waals surface area contributed by atoms with Gasteiger partial charge in [-0.2, -0.15) is 0 Å². The molecule has 0 fully saturated rings. The number of hydrogen-bond acceptors (Lipinski definition) is 4. The summed E-state index contributed by atoms with van der Waals surface area (Å²) in [6.45, 7) is 5.23. The highest BCUT2D eigenvalue weighted by Gasteiger charge is 2.02. The first-order valence-electron chi connectivity index (χ1n) is 7.45. The molecule has 0 amide bonds. The summed E-state index contributed by atoms with van der Waals surface area (Å²) in [4.78, 5) is 8.81. The van der Waals surface area contributed by atoms with Crippen molar-refractivity contribution in [2.45, 2.75) is 33.1 Å². The zero-order chi connectivity index (χ0) is 14.9. The quantitative estimate of drug-likeness (QED) is 0.546. The highest BCUT2D eigenvalue weighted by Crippen LogP contribution is 2.19. The van der Waals surface area contributed by atoms with Crippen LogP contribution in [0.2, 0.25) is 0 Å². The first kappa shape index (κ1) is 15.4. The Labute approximate surface area is 126 Å². The molecule has 0 aliphatic heterocycles. The highest BCUT2D eigenvalue weighted by molar-refractivity contribution is 5.55. The Kier molecular flexibility index (Phi) is 6.16. The molecule has 21 heavy (non-hydrogen) atoms. The van der Waals surface area contributed by atoms with Crippen LogP contribution in [0.1, 0.15) is 32.3 Å². The van der Waals surface area contributed by atoms with Crippen molar-refractivity contribution in [1.82, 2.24) is 9.97 Å². The Morgan fingerprint density at radius 1 is 0.952 bits per heavy atom. The summed E-state index contributed by atoms with van der Waals surface area (Å²) in [5.74, 6) is 1.53. The van der Waals surface area contributed by atoms with Crippen molar-refractivity contribution >= 4 is 0 Å². The summed E-state index contributed by atoms with van der Waals surface area (Å²) in [6, 6.07) is 7.75. The van der Waals surface area contributed by atoms with Gasteiger partial charge in [0.25, 0.3) is 0 Å². The zero-order valence-corrected chi connectivity index (χ0v) is 12.7. The Morgan fingerprint density at radius 3 is 2.29 bits per heavy atom. The molecule has 0 saturated carbocycles. The number of rotatable bonds is 8. The topological polar surface area (TPSA) is 44.2 Å². The van der Waals surface area contributed by atoms with Crippen LogP contribution in [0.25, 0.3) is 11.4 Å². The SMILES string of the molecule is CCCOCOc1ccc(-c2ncc(CCC)cn2)cc1. The van der Waals surface area contributed by atoms with Gasteiger partial charge in [0.15, 0.2) is 12.6 Å². The average molecular weight is 286 g/mol. The monoisotopic (exact) mass is 286 g/mol. The summed E-state index contributed by atoms with van der Waals surface area (Å²) in [5, 5.41) is 0. The maximum atomic E-state index is 5.49. The van der Waals surface area contributed by atoms with Gasteiger partial charge in [-0.3, -0.25) is 0 Å². The lowest BCUT2D eigenvalue weighted by Crippen LogP contribution is -2.03. The van der Waals surface area contributed by atoms with Crippen LogP contribution in [0, 0.1) is 0 Å². The van der Waals surface area contributed by atoms with Gasteiger partial charge in [-0.05, 0) is 42.7 Å². The van der Waals surface area contributed by atoms with Gasteiger partial charge in [0.05, 0.1) is 6.61 Å².